The molecule has 0 aliphatic carbocycles. The first-order valence-corrected chi connectivity index (χ1v) is 7.96. The summed E-state index contributed by atoms with van der Waals surface area (Å²) in [5.41, 5.74) is 0.827. The smallest absolute Gasteiger partial charge is 0.356 e. The Morgan fingerprint density at radius 2 is 1.21 bits per heavy atom. The normalized spacial score (nSPS) is 9.07. The number of esters is 3. The van der Waals surface area contributed by atoms with Crippen molar-refractivity contribution in [3.05, 3.63) is 59.2 Å². The summed E-state index contributed by atoms with van der Waals surface area (Å²) in [6, 6.07) is 9.25. The molecule has 0 unspecified atom stereocenters. The number of carbonyl (C=O) groups is 3. The highest BCUT2D eigenvalue weighted by Crippen LogP contribution is 2.02. The maximum absolute atomic E-state index is 11.0. The number of nitrogens with zero attached hydrogens (tertiary/aromatic N) is 2. The Labute approximate surface area is 172 Å². The van der Waals surface area contributed by atoms with E-state index in [9.17, 15) is 14.4 Å². The summed E-state index contributed by atoms with van der Waals surface area (Å²) in [4.78, 5) is 40.6. The number of carbonyl (C=O) groups excluding carboxylic acids is 3. The summed E-state index contributed by atoms with van der Waals surface area (Å²) in [5.74, 6) is -1.67. The maximum atomic E-state index is 11.0. The molecule has 2 rings (SSSR count). The number of hydrogen-bond donors (Lipinski definition) is 1. The van der Waals surface area contributed by atoms with Gasteiger partial charge in [-0.15, -0.1) is 0 Å². The third-order valence-electron chi connectivity index (χ3n) is 2.90. The summed E-state index contributed by atoms with van der Waals surface area (Å²) < 4.78 is 19.6. The van der Waals surface area contributed by atoms with Crippen LogP contribution in [0.4, 0.5) is 0 Å². The van der Waals surface area contributed by atoms with Crippen LogP contribution in [0.2, 0.25) is 0 Å². The minimum Gasteiger partial charge on any atom is -0.464 e. The van der Waals surface area contributed by atoms with Crippen LogP contribution in [-0.2, 0) is 20.8 Å². The lowest BCUT2D eigenvalue weighted by molar-refractivity contribution is 0.0576. The van der Waals surface area contributed by atoms with Gasteiger partial charge in [-0.1, -0.05) is 33.4 Å². The number of hydrogen-bond acceptors (Lipinski definition) is 9. The van der Waals surface area contributed by atoms with Gasteiger partial charge in [-0.25, -0.2) is 24.4 Å². The number of methoxy groups -OCH3 is 3. The molecule has 0 atom stereocenters. The summed E-state index contributed by atoms with van der Waals surface area (Å²) in [6.45, 7) is 2.12. The average Bonchev–Trinajstić information content (AvgIpc) is 2.78. The van der Waals surface area contributed by atoms with Crippen molar-refractivity contribution in [1.29, 1.82) is 0 Å². The first kappa shape index (κ1) is 25.7. The fourth-order valence-electron chi connectivity index (χ4n) is 1.66. The molecule has 2 aromatic heterocycles. The molecule has 0 aliphatic heterocycles. The van der Waals surface area contributed by atoms with Gasteiger partial charge in [0.05, 0.1) is 33.6 Å². The first-order chi connectivity index (χ1) is 13.9. The van der Waals surface area contributed by atoms with E-state index < -0.39 is 17.9 Å². The number of aliphatic hydroxyl groups is 1. The van der Waals surface area contributed by atoms with Crippen LogP contribution in [0, 0.1) is 0 Å². The van der Waals surface area contributed by atoms with Crippen molar-refractivity contribution in [2.75, 3.05) is 21.3 Å². The largest absolute Gasteiger partial charge is 0.464 e. The second-order valence-corrected chi connectivity index (χ2v) is 4.56. The van der Waals surface area contributed by atoms with Crippen LogP contribution >= 0.6 is 0 Å². The van der Waals surface area contributed by atoms with Gasteiger partial charge >= 0.3 is 17.9 Å². The standard InChI is InChI=1S/C9H9NO4.C8H9NO3.C2H6.CH4/c1-13-8(11)6-4-3-5-7(10-6)9(12)14-2;1-12-8(11)7-4-2-3-6(5-10)9-7;1-2;/h3-5H,1-2H3;2-4,10H,5H2,1H3;1-2H3;1H4/i;;1D;. The van der Waals surface area contributed by atoms with Gasteiger partial charge in [0, 0.05) is 1.37 Å². The highest BCUT2D eigenvalue weighted by molar-refractivity contribution is 5.91. The van der Waals surface area contributed by atoms with E-state index in [0.29, 0.717) is 12.6 Å². The molecule has 0 fully saturated rings. The number of ether oxygens (including phenoxy) is 3. The number of aliphatic hydroxyl groups excluding tert-OH is 1. The Hall–Kier alpha value is -3.33. The predicted octanol–water partition coefficient (Wildman–Crippen LogP) is 2.68. The summed E-state index contributed by atoms with van der Waals surface area (Å²) >= 11 is 0. The van der Waals surface area contributed by atoms with Gasteiger partial charge in [-0.2, -0.15) is 0 Å². The molecule has 1 N–H and O–H groups in total. The predicted molar refractivity (Wildman–Crippen MR) is 106 cm³/mol. The third kappa shape index (κ3) is 9.43. The number of aromatic nitrogens is 2. The van der Waals surface area contributed by atoms with Crippen LogP contribution in [0.15, 0.2) is 36.4 Å². The van der Waals surface area contributed by atoms with Gasteiger partial charge in [0.25, 0.3) is 0 Å². The third-order valence-corrected chi connectivity index (χ3v) is 2.90. The van der Waals surface area contributed by atoms with E-state index in [1.54, 1.807) is 19.1 Å². The number of pyridine rings is 2. The minimum atomic E-state index is -0.587. The molecule has 0 aromatic carbocycles. The lowest BCUT2D eigenvalue weighted by atomic mass is 10.3. The molecular formula is C20H28N2O7. The monoisotopic (exact) mass is 409 g/mol. The van der Waals surface area contributed by atoms with E-state index >= 15 is 0 Å². The van der Waals surface area contributed by atoms with E-state index in [-0.39, 0.29) is 31.1 Å². The van der Waals surface area contributed by atoms with Crippen molar-refractivity contribution in [2.24, 2.45) is 0 Å². The molecule has 29 heavy (non-hydrogen) atoms. The Morgan fingerprint density at radius 3 is 1.55 bits per heavy atom. The topological polar surface area (TPSA) is 125 Å². The van der Waals surface area contributed by atoms with E-state index in [4.69, 9.17) is 6.48 Å². The van der Waals surface area contributed by atoms with E-state index in [2.05, 4.69) is 24.2 Å². The zero-order chi connectivity index (χ0) is 22.2. The molecule has 9 nitrogen and oxygen atoms in total. The molecule has 0 saturated carbocycles. The van der Waals surface area contributed by atoms with Crippen molar-refractivity contribution in [3.8, 4) is 0 Å². The van der Waals surface area contributed by atoms with Gasteiger partial charge in [0.1, 0.15) is 17.1 Å². The van der Waals surface area contributed by atoms with Gasteiger partial charge < -0.3 is 19.3 Å². The molecular weight excluding hydrogens is 380 g/mol. The van der Waals surface area contributed by atoms with Crippen LogP contribution in [-0.4, -0.2) is 54.3 Å². The molecule has 2 aromatic rings. The van der Waals surface area contributed by atoms with E-state index in [0.717, 1.165) is 0 Å². The summed E-state index contributed by atoms with van der Waals surface area (Å²) in [5, 5.41) is 8.70. The van der Waals surface area contributed by atoms with Crippen molar-refractivity contribution in [2.45, 2.75) is 27.9 Å². The van der Waals surface area contributed by atoms with Gasteiger partial charge in [0.2, 0.25) is 0 Å². The fraction of sp³-hybridized carbons (Fsp3) is 0.350. The highest BCUT2D eigenvalue weighted by Gasteiger charge is 2.12. The molecule has 9 heteroatoms. The molecule has 0 saturated heterocycles. The molecule has 0 spiro atoms. The Bertz CT molecular complexity index is 769. The average molecular weight is 409 g/mol. The molecule has 0 amide bonds. The Kier molecular flexibility index (Phi) is 13.9. The molecule has 0 aliphatic rings. The number of rotatable bonds is 4. The lowest BCUT2D eigenvalue weighted by Gasteiger charge is -2.00. The molecule has 160 valence electrons. The minimum absolute atomic E-state index is 0. The molecule has 0 radical (unpaired) electrons. The highest BCUT2D eigenvalue weighted by atomic mass is 16.5. The van der Waals surface area contributed by atoms with Gasteiger partial charge in [-0.05, 0) is 24.3 Å². The van der Waals surface area contributed by atoms with Crippen molar-refractivity contribution >= 4 is 17.9 Å². The second-order valence-electron chi connectivity index (χ2n) is 4.56. The van der Waals surface area contributed by atoms with Crippen LogP contribution in [0.3, 0.4) is 0 Å². The quantitative estimate of drug-likeness (QED) is 0.599. The fourth-order valence-corrected chi connectivity index (χ4v) is 1.66. The van der Waals surface area contributed by atoms with Crippen LogP contribution in [0.1, 0.15) is 59.8 Å². The first-order valence-electron chi connectivity index (χ1n) is 8.67. The van der Waals surface area contributed by atoms with Gasteiger partial charge in [0.15, 0.2) is 0 Å². The van der Waals surface area contributed by atoms with Crippen molar-refractivity contribution in [3.63, 3.8) is 0 Å². The maximum Gasteiger partial charge on any atom is 0.356 e. The van der Waals surface area contributed by atoms with Crippen LogP contribution < -0.4 is 0 Å². The molecule has 0 bridgehead atoms. The van der Waals surface area contributed by atoms with E-state index in [1.807, 2.05) is 0 Å². The van der Waals surface area contributed by atoms with E-state index in [1.165, 1.54) is 45.6 Å². The Morgan fingerprint density at radius 1 is 0.862 bits per heavy atom. The Balaban J connectivity index is 0. The van der Waals surface area contributed by atoms with Crippen LogP contribution in [0.25, 0.3) is 0 Å². The van der Waals surface area contributed by atoms with Crippen molar-refractivity contribution < 1.29 is 35.1 Å². The van der Waals surface area contributed by atoms with Crippen LogP contribution in [0.5, 0.6) is 0 Å². The zero-order valence-corrected chi connectivity index (χ0v) is 16.2. The summed E-state index contributed by atoms with van der Waals surface area (Å²) in [7, 11) is 3.78. The molecule has 2 heterocycles. The SMILES string of the molecule is C.COC(=O)c1cccc(C(=O)OC)n1.COC(=O)c1cccc(CO)n1.[2H]CC. The lowest BCUT2D eigenvalue weighted by Crippen LogP contribution is -2.10. The van der Waals surface area contributed by atoms with Crippen molar-refractivity contribution in [1.82, 2.24) is 9.97 Å². The zero-order valence-electron chi connectivity index (χ0n) is 17.2. The summed E-state index contributed by atoms with van der Waals surface area (Å²) in [6.07, 6.45) is 0. The second kappa shape index (κ2) is 15.7. The van der Waals surface area contributed by atoms with Gasteiger partial charge in [-0.3, -0.25) is 0 Å².